The molecule has 88 valence electrons. The Balaban J connectivity index is 2.15. The first-order valence-corrected chi connectivity index (χ1v) is 6.81. The standard InChI is InChI=1S/C17H15P/c18-17(14-8-2-1-3-9-14)16-12-6-10-13-7-4-5-11-15(13)16/h1-12,17H,18H2. The monoisotopic (exact) mass is 250 g/mol. The van der Waals surface area contributed by atoms with Crippen molar-refractivity contribution in [3.63, 3.8) is 0 Å². The summed E-state index contributed by atoms with van der Waals surface area (Å²) in [5.74, 6) is 0. The molecule has 0 radical (unpaired) electrons. The lowest BCUT2D eigenvalue weighted by molar-refractivity contribution is 1.18. The van der Waals surface area contributed by atoms with Gasteiger partial charge in [0.25, 0.3) is 0 Å². The smallest absolute Gasteiger partial charge is 0.0240 e. The average molecular weight is 250 g/mol. The van der Waals surface area contributed by atoms with E-state index in [0.29, 0.717) is 5.66 Å². The van der Waals surface area contributed by atoms with E-state index in [4.69, 9.17) is 0 Å². The summed E-state index contributed by atoms with van der Waals surface area (Å²) in [5, 5.41) is 2.64. The fourth-order valence-electron chi connectivity index (χ4n) is 2.36. The molecular weight excluding hydrogens is 235 g/mol. The van der Waals surface area contributed by atoms with E-state index in [0.717, 1.165) is 0 Å². The third-order valence-corrected chi connectivity index (χ3v) is 4.06. The highest BCUT2D eigenvalue weighted by Gasteiger charge is 2.10. The zero-order chi connectivity index (χ0) is 12.4. The van der Waals surface area contributed by atoms with Gasteiger partial charge in [-0.15, -0.1) is 9.24 Å². The van der Waals surface area contributed by atoms with Gasteiger partial charge in [-0.2, -0.15) is 0 Å². The zero-order valence-corrected chi connectivity index (χ0v) is 11.2. The van der Waals surface area contributed by atoms with Crippen molar-refractivity contribution in [3.05, 3.63) is 83.9 Å². The molecule has 0 aliphatic rings. The number of benzene rings is 3. The van der Waals surface area contributed by atoms with Gasteiger partial charge < -0.3 is 0 Å². The summed E-state index contributed by atoms with van der Waals surface area (Å²) in [5.41, 5.74) is 3.04. The minimum atomic E-state index is 0.345. The van der Waals surface area contributed by atoms with Crippen molar-refractivity contribution in [1.29, 1.82) is 0 Å². The highest BCUT2D eigenvalue weighted by atomic mass is 31.0. The number of rotatable bonds is 2. The van der Waals surface area contributed by atoms with Crippen LogP contribution in [0.15, 0.2) is 72.8 Å². The summed E-state index contributed by atoms with van der Waals surface area (Å²) in [6.07, 6.45) is 0. The van der Waals surface area contributed by atoms with Gasteiger partial charge in [0.15, 0.2) is 0 Å². The molecule has 0 spiro atoms. The van der Waals surface area contributed by atoms with E-state index in [-0.39, 0.29) is 0 Å². The highest BCUT2D eigenvalue weighted by Crippen LogP contribution is 2.35. The molecule has 0 nitrogen and oxygen atoms in total. The Hall–Kier alpha value is -1.65. The molecule has 18 heavy (non-hydrogen) atoms. The molecule has 0 saturated carbocycles. The van der Waals surface area contributed by atoms with Gasteiger partial charge in [0, 0.05) is 5.66 Å². The quantitative estimate of drug-likeness (QED) is 0.573. The molecule has 3 aromatic carbocycles. The van der Waals surface area contributed by atoms with E-state index in [1.807, 2.05) is 0 Å². The minimum absolute atomic E-state index is 0.345. The van der Waals surface area contributed by atoms with E-state index >= 15 is 0 Å². The Morgan fingerprint density at radius 3 is 2.17 bits per heavy atom. The van der Waals surface area contributed by atoms with Crippen molar-refractivity contribution in [3.8, 4) is 0 Å². The Morgan fingerprint density at radius 2 is 1.33 bits per heavy atom. The first-order chi connectivity index (χ1) is 8.86. The first-order valence-electron chi connectivity index (χ1n) is 6.14. The van der Waals surface area contributed by atoms with E-state index < -0.39 is 0 Å². The lowest BCUT2D eigenvalue weighted by atomic mass is 9.98. The highest BCUT2D eigenvalue weighted by molar-refractivity contribution is 7.17. The fourth-order valence-corrected chi connectivity index (χ4v) is 2.87. The second-order valence-electron chi connectivity index (χ2n) is 4.46. The summed E-state index contributed by atoms with van der Waals surface area (Å²) in [7, 11) is 2.96. The molecule has 0 amide bonds. The molecule has 0 bridgehead atoms. The molecule has 0 saturated heterocycles. The second kappa shape index (κ2) is 4.92. The summed E-state index contributed by atoms with van der Waals surface area (Å²) in [4.78, 5) is 0. The van der Waals surface area contributed by atoms with E-state index in [1.165, 1.54) is 21.9 Å². The van der Waals surface area contributed by atoms with Gasteiger partial charge >= 0.3 is 0 Å². The molecule has 3 aromatic rings. The van der Waals surface area contributed by atoms with E-state index in [2.05, 4.69) is 82.0 Å². The summed E-state index contributed by atoms with van der Waals surface area (Å²) in [6, 6.07) is 25.7. The maximum Gasteiger partial charge on any atom is 0.0240 e. The van der Waals surface area contributed by atoms with Crippen LogP contribution in [0.2, 0.25) is 0 Å². The van der Waals surface area contributed by atoms with Crippen LogP contribution < -0.4 is 0 Å². The Bertz CT molecular complexity index is 653. The zero-order valence-electron chi connectivity index (χ0n) is 10.1. The number of fused-ring (bicyclic) bond motifs is 1. The van der Waals surface area contributed by atoms with Crippen molar-refractivity contribution >= 4 is 20.0 Å². The summed E-state index contributed by atoms with van der Waals surface area (Å²) < 4.78 is 0. The van der Waals surface area contributed by atoms with Gasteiger partial charge in [-0.1, -0.05) is 72.8 Å². The van der Waals surface area contributed by atoms with Gasteiger partial charge in [-0.05, 0) is 21.9 Å². The molecule has 0 N–H and O–H groups in total. The third-order valence-electron chi connectivity index (χ3n) is 3.32. The van der Waals surface area contributed by atoms with Crippen LogP contribution in [0.5, 0.6) is 0 Å². The van der Waals surface area contributed by atoms with Crippen LogP contribution in [0.3, 0.4) is 0 Å². The molecule has 2 unspecified atom stereocenters. The van der Waals surface area contributed by atoms with Gasteiger partial charge in [-0.3, -0.25) is 0 Å². The van der Waals surface area contributed by atoms with Crippen molar-refractivity contribution in [1.82, 2.24) is 0 Å². The summed E-state index contributed by atoms with van der Waals surface area (Å²) in [6.45, 7) is 0. The van der Waals surface area contributed by atoms with Crippen LogP contribution in [0.25, 0.3) is 10.8 Å². The van der Waals surface area contributed by atoms with Crippen molar-refractivity contribution < 1.29 is 0 Å². The normalized spacial score (nSPS) is 12.5. The predicted octanol–water partition coefficient (Wildman–Crippen LogP) is 4.80. The third kappa shape index (κ3) is 2.05. The van der Waals surface area contributed by atoms with Gasteiger partial charge in [-0.25, -0.2) is 0 Å². The maximum absolute atomic E-state index is 2.96. The molecule has 0 fully saturated rings. The Morgan fingerprint density at radius 1 is 0.667 bits per heavy atom. The predicted molar refractivity (Wildman–Crippen MR) is 81.9 cm³/mol. The number of hydrogen-bond donors (Lipinski definition) is 0. The lowest BCUT2D eigenvalue weighted by Crippen LogP contribution is -1.93. The van der Waals surface area contributed by atoms with E-state index in [9.17, 15) is 0 Å². The largest absolute Gasteiger partial charge is 0.125 e. The van der Waals surface area contributed by atoms with Crippen molar-refractivity contribution in [2.24, 2.45) is 0 Å². The molecular formula is C17H15P. The van der Waals surface area contributed by atoms with Crippen LogP contribution in [0.1, 0.15) is 16.8 Å². The molecule has 0 heterocycles. The fraction of sp³-hybridized carbons (Fsp3) is 0.0588. The Kier molecular flexibility index (Phi) is 3.13. The van der Waals surface area contributed by atoms with Crippen LogP contribution >= 0.6 is 9.24 Å². The first kappa shape index (κ1) is 11.4. The molecule has 0 aliphatic heterocycles. The number of hydrogen-bond acceptors (Lipinski definition) is 0. The molecule has 2 atom stereocenters. The van der Waals surface area contributed by atoms with Crippen LogP contribution in [-0.4, -0.2) is 0 Å². The molecule has 3 rings (SSSR count). The topological polar surface area (TPSA) is 0 Å². The van der Waals surface area contributed by atoms with Crippen LogP contribution in [-0.2, 0) is 0 Å². The SMILES string of the molecule is PC(c1ccccc1)c1cccc2ccccc12. The molecule has 0 aliphatic carbocycles. The maximum atomic E-state index is 2.96. The van der Waals surface area contributed by atoms with Gasteiger partial charge in [0.2, 0.25) is 0 Å². The van der Waals surface area contributed by atoms with Crippen LogP contribution in [0, 0.1) is 0 Å². The van der Waals surface area contributed by atoms with Gasteiger partial charge in [0.05, 0.1) is 0 Å². The van der Waals surface area contributed by atoms with Crippen LogP contribution in [0.4, 0.5) is 0 Å². The molecule has 1 heteroatoms. The van der Waals surface area contributed by atoms with E-state index in [1.54, 1.807) is 0 Å². The minimum Gasteiger partial charge on any atom is -0.125 e. The van der Waals surface area contributed by atoms with Gasteiger partial charge in [0.1, 0.15) is 0 Å². The Labute approximate surface area is 110 Å². The second-order valence-corrected chi connectivity index (χ2v) is 5.12. The van der Waals surface area contributed by atoms with Crippen molar-refractivity contribution in [2.45, 2.75) is 5.66 Å². The van der Waals surface area contributed by atoms with Crippen molar-refractivity contribution in [2.75, 3.05) is 0 Å². The average Bonchev–Trinajstić information content (AvgIpc) is 2.47. The lowest BCUT2D eigenvalue weighted by Gasteiger charge is -2.15. The molecule has 0 aromatic heterocycles. The summed E-state index contributed by atoms with van der Waals surface area (Å²) >= 11 is 0.